The number of nitrogens with two attached hydrogens (primary N) is 1. The quantitative estimate of drug-likeness (QED) is 0.772. The van der Waals surface area contributed by atoms with Crippen LogP contribution < -0.4 is 5.73 Å². The number of nitrogens with zero attached hydrogens (tertiary/aromatic N) is 2. The van der Waals surface area contributed by atoms with E-state index in [1.54, 1.807) is 0 Å². The highest BCUT2D eigenvalue weighted by molar-refractivity contribution is 5.19. The lowest BCUT2D eigenvalue weighted by Gasteiger charge is -2.02. The van der Waals surface area contributed by atoms with Gasteiger partial charge in [-0.25, -0.2) is 0 Å². The summed E-state index contributed by atoms with van der Waals surface area (Å²) in [6, 6.07) is 0.137. The van der Waals surface area contributed by atoms with Gasteiger partial charge in [0, 0.05) is 12.0 Å². The fourth-order valence-electron chi connectivity index (χ4n) is 2.36. The van der Waals surface area contributed by atoms with E-state index in [0.717, 1.165) is 24.6 Å². The maximum Gasteiger partial charge on any atom is 0.233 e. The van der Waals surface area contributed by atoms with Crippen molar-refractivity contribution in [3.63, 3.8) is 0 Å². The Morgan fingerprint density at radius 3 is 2.75 bits per heavy atom. The van der Waals surface area contributed by atoms with E-state index in [0.29, 0.717) is 11.3 Å². The van der Waals surface area contributed by atoms with Crippen LogP contribution in [-0.4, -0.2) is 16.2 Å². The highest BCUT2D eigenvalue weighted by atomic mass is 16.5. The minimum absolute atomic E-state index is 0.137. The highest BCUT2D eigenvalue weighted by Crippen LogP contribution is 2.57. The molecule has 2 aliphatic carbocycles. The number of hydrogen-bond donors (Lipinski definition) is 1. The SMILES string of the molecule is CC1(C)CC1c1noc(C2C=CC(N)C2)n1. The van der Waals surface area contributed by atoms with Crippen LogP contribution >= 0.6 is 0 Å². The molecule has 3 unspecified atom stereocenters. The van der Waals surface area contributed by atoms with E-state index in [9.17, 15) is 0 Å². The second-order valence-electron chi connectivity index (χ2n) is 5.63. The first kappa shape index (κ1) is 10.0. The zero-order chi connectivity index (χ0) is 11.3. The molecule has 1 aromatic heterocycles. The average Bonchev–Trinajstić information content (AvgIpc) is 2.67. The molecule has 0 aromatic carbocycles. The number of allylic oxidation sites excluding steroid dienone is 1. The summed E-state index contributed by atoms with van der Waals surface area (Å²) >= 11 is 0. The summed E-state index contributed by atoms with van der Waals surface area (Å²) in [5.74, 6) is 2.29. The van der Waals surface area contributed by atoms with E-state index >= 15 is 0 Å². The van der Waals surface area contributed by atoms with Gasteiger partial charge >= 0.3 is 0 Å². The van der Waals surface area contributed by atoms with Crippen molar-refractivity contribution in [3.05, 3.63) is 23.9 Å². The van der Waals surface area contributed by atoms with Gasteiger partial charge in [0.15, 0.2) is 5.82 Å². The van der Waals surface area contributed by atoms with Gasteiger partial charge in [-0.3, -0.25) is 0 Å². The Bertz CT molecular complexity index is 435. The van der Waals surface area contributed by atoms with Gasteiger partial charge in [0.05, 0.1) is 5.92 Å². The Morgan fingerprint density at radius 2 is 2.19 bits per heavy atom. The van der Waals surface area contributed by atoms with Crippen LogP contribution in [0.1, 0.15) is 50.2 Å². The smallest absolute Gasteiger partial charge is 0.233 e. The van der Waals surface area contributed by atoms with Crippen molar-refractivity contribution >= 4 is 0 Å². The Hall–Kier alpha value is -1.16. The summed E-state index contributed by atoms with van der Waals surface area (Å²) in [5.41, 5.74) is 6.16. The Morgan fingerprint density at radius 1 is 1.44 bits per heavy atom. The molecule has 0 aliphatic heterocycles. The Balaban J connectivity index is 1.76. The summed E-state index contributed by atoms with van der Waals surface area (Å²) in [6.07, 6.45) is 6.12. The molecule has 1 saturated carbocycles. The van der Waals surface area contributed by atoms with Crippen LogP contribution in [0.5, 0.6) is 0 Å². The van der Waals surface area contributed by atoms with E-state index in [-0.39, 0.29) is 12.0 Å². The third-order valence-corrected chi connectivity index (χ3v) is 3.72. The van der Waals surface area contributed by atoms with E-state index in [1.807, 2.05) is 6.08 Å². The lowest BCUT2D eigenvalue weighted by atomic mass is 10.1. The lowest BCUT2D eigenvalue weighted by molar-refractivity contribution is 0.358. The van der Waals surface area contributed by atoms with Gasteiger partial charge in [0.25, 0.3) is 0 Å². The second kappa shape index (κ2) is 3.17. The predicted molar refractivity (Wildman–Crippen MR) is 59.9 cm³/mol. The molecule has 0 amide bonds. The molecular weight excluding hydrogens is 202 g/mol. The van der Waals surface area contributed by atoms with Gasteiger partial charge in [-0.1, -0.05) is 31.2 Å². The first-order valence-corrected chi connectivity index (χ1v) is 5.84. The zero-order valence-electron chi connectivity index (χ0n) is 9.68. The zero-order valence-corrected chi connectivity index (χ0v) is 9.68. The summed E-state index contributed by atoms with van der Waals surface area (Å²) in [6.45, 7) is 4.47. The van der Waals surface area contributed by atoms with Crippen LogP contribution in [0.3, 0.4) is 0 Å². The third kappa shape index (κ3) is 1.57. The molecule has 0 radical (unpaired) electrons. The summed E-state index contributed by atoms with van der Waals surface area (Å²) in [4.78, 5) is 4.50. The van der Waals surface area contributed by atoms with Gasteiger partial charge in [-0.05, 0) is 18.3 Å². The van der Waals surface area contributed by atoms with Crippen molar-refractivity contribution in [2.45, 2.75) is 44.6 Å². The van der Waals surface area contributed by atoms with E-state index in [4.69, 9.17) is 10.3 Å². The van der Waals surface area contributed by atoms with E-state index < -0.39 is 0 Å². The fourth-order valence-corrected chi connectivity index (χ4v) is 2.36. The topological polar surface area (TPSA) is 64.9 Å². The largest absolute Gasteiger partial charge is 0.339 e. The number of hydrogen-bond acceptors (Lipinski definition) is 4. The highest BCUT2D eigenvalue weighted by Gasteiger charge is 2.49. The van der Waals surface area contributed by atoms with Crippen molar-refractivity contribution in [1.82, 2.24) is 10.1 Å². The lowest BCUT2D eigenvalue weighted by Crippen LogP contribution is -2.14. The Kier molecular flexibility index (Phi) is 1.98. The molecule has 0 bridgehead atoms. The molecule has 4 nitrogen and oxygen atoms in total. The van der Waals surface area contributed by atoms with E-state index in [2.05, 4.69) is 30.1 Å². The van der Waals surface area contributed by atoms with Gasteiger partial charge in [0.1, 0.15) is 0 Å². The molecule has 1 aromatic rings. The molecule has 1 fully saturated rings. The van der Waals surface area contributed by atoms with Gasteiger partial charge in [0.2, 0.25) is 5.89 Å². The van der Waals surface area contributed by atoms with Crippen LogP contribution in [0.2, 0.25) is 0 Å². The van der Waals surface area contributed by atoms with Crippen LogP contribution in [0.15, 0.2) is 16.7 Å². The van der Waals surface area contributed by atoms with Gasteiger partial charge in [-0.15, -0.1) is 0 Å². The fraction of sp³-hybridized carbons (Fsp3) is 0.667. The number of aromatic nitrogens is 2. The molecular formula is C12H17N3O. The van der Waals surface area contributed by atoms with Crippen molar-refractivity contribution in [2.24, 2.45) is 11.1 Å². The number of rotatable bonds is 2. The van der Waals surface area contributed by atoms with Gasteiger partial charge in [-0.2, -0.15) is 4.98 Å². The molecule has 0 saturated heterocycles. The standard InChI is InChI=1S/C12H17N3O/c1-12(2)6-9(12)10-14-11(16-15-10)7-3-4-8(13)5-7/h3-4,7-9H,5-6,13H2,1-2H3. The van der Waals surface area contributed by atoms with E-state index in [1.165, 1.54) is 0 Å². The average molecular weight is 219 g/mol. The van der Waals surface area contributed by atoms with Crippen molar-refractivity contribution in [3.8, 4) is 0 Å². The van der Waals surface area contributed by atoms with Crippen LogP contribution in [-0.2, 0) is 0 Å². The normalized spacial score (nSPS) is 35.6. The molecule has 3 atom stereocenters. The molecule has 1 heterocycles. The van der Waals surface area contributed by atoms with Crippen LogP contribution in [0.25, 0.3) is 0 Å². The molecule has 16 heavy (non-hydrogen) atoms. The summed E-state index contributed by atoms with van der Waals surface area (Å²) in [5, 5.41) is 4.08. The van der Waals surface area contributed by atoms with Crippen LogP contribution in [0, 0.1) is 5.41 Å². The van der Waals surface area contributed by atoms with Crippen molar-refractivity contribution in [2.75, 3.05) is 0 Å². The first-order chi connectivity index (χ1) is 7.56. The maximum atomic E-state index is 5.81. The molecule has 86 valence electrons. The maximum absolute atomic E-state index is 5.81. The molecule has 3 rings (SSSR count). The second-order valence-corrected chi connectivity index (χ2v) is 5.63. The monoisotopic (exact) mass is 219 g/mol. The molecule has 4 heteroatoms. The molecule has 2 aliphatic rings. The minimum Gasteiger partial charge on any atom is -0.339 e. The first-order valence-electron chi connectivity index (χ1n) is 5.84. The Labute approximate surface area is 94.9 Å². The summed E-state index contributed by atoms with van der Waals surface area (Å²) < 4.78 is 5.32. The molecule has 0 spiro atoms. The predicted octanol–water partition coefficient (Wildman–Crippen LogP) is 1.95. The van der Waals surface area contributed by atoms with Gasteiger partial charge < -0.3 is 10.3 Å². The van der Waals surface area contributed by atoms with Crippen LogP contribution in [0.4, 0.5) is 0 Å². The minimum atomic E-state index is 0.137. The summed E-state index contributed by atoms with van der Waals surface area (Å²) in [7, 11) is 0. The van der Waals surface area contributed by atoms with Crippen molar-refractivity contribution in [1.29, 1.82) is 0 Å². The third-order valence-electron chi connectivity index (χ3n) is 3.72. The molecule has 2 N–H and O–H groups in total. The van der Waals surface area contributed by atoms with Crippen molar-refractivity contribution < 1.29 is 4.52 Å².